The molecule has 4 rings (SSSR count). The Labute approximate surface area is 211 Å². The number of ether oxygens (including phenoxy) is 1. The predicted molar refractivity (Wildman–Crippen MR) is 129 cm³/mol. The highest BCUT2D eigenvalue weighted by Crippen LogP contribution is 2.32. The molecule has 0 spiro atoms. The third-order valence-electron chi connectivity index (χ3n) is 5.55. The second-order valence-electron chi connectivity index (χ2n) is 7.84. The molecule has 13 heteroatoms. The summed E-state index contributed by atoms with van der Waals surface area (Å²) in [7, 11) is -6.85. The van der Waals surface area contributed by atoms with Gasteiger partial charge in [0.25, 0.3) is 0 Å². The maximum absolute atomic E-state index is 13.4. The van der Waals surface area contributed by atoms with Crippen molar-refractivity contribution in [2.75, 3.05) is 18.5 Å². The third-order valence-corrected chi connectivity index (χ3v) is 10.7. The minimum atomic E-state index is -4.22. The molecule has 1 aromatic heterocycles. The van der Waals surface area contributed by atoms with Crippen molar-refractivity contribution < 1.29 is 30.8 Å². The highest BCUT2D eigenvalue weighted by atomic mass is 32.2. The van der Waals surface area contributed by atoms with Crippen LogP contribution in [0.15, 0.2) is 74.7 Å². The van der Waals surface area contributed by atoms with E-state index in [1.54, 1.807) is 0 Å². The summed E-state index contributed by atoms with van der Waals surface area (Å²) in [5, 5.41) is 8.98. The largest absolute Gasteiger partial charge is 0.429 e. The molecule has 1 amide bonds. The molecule has 1 atom stereocenters. The van der Waals surface area contributed by atoms with Gasteiger partial charge in [-0.3, -0.25) is 4.90 Å². The number of halogens is 1. The van der Waals surface area contributed by atoms with Crippen LogP contribution in [0.2, 0.25) is 0 Å². The number of rotatable bonds is 6. The number of amides is 1. The number of anilines is 1. The topological polar surface area (TPSA) is 125 Å². The zero-order valence-corrected chi connectivity index (χ0v) is 21.3. The van der Waals surface area contributed by atoms with Gasteiger partial charge >= 0.3 is 6.09 Å². The van der Waals surface area contributed by atoms with Gasteiger partial charge in [0.15, 0.2) is 6.23 Å². The van der Waals surface area contributed by atoms with Crippen molar-refractivity contribution in [3.63, 3.8) is 0 Å². The first-order valence-corrected chi connectivity index (χ1v) is 14.3. The van der Waals surface area contributed by atoms with Crippen LogP contribution in [0, 0.1) is 17.1 Å². The lowest BCUT2D eigenvalue weighted by Gasteiger charge is -2.26. The Morgan fingerprint density at radius 3 is 2.47 bits per heavy atom. The van der Waals surface area contributed by atoms with Crippen molar-refractivity contribution in [1.29, 1.82) is 5.26 Å². The summed E-state index contributed by atoms with van der Waals surface area (Å²) in [6, 6.07) is 14.6. The van der Waals surface area contributed by atoms with Crippen LogP contribution in [-0.2, 0) is 24.6 Å². The monoisotopic (exact) mass is 549 g/mol. The number of hydrogen-bond donors (Lipinski definition) is 0. The van der Waals surface area contributed by atoms with E-state index in [-0.39, 0.29) is 31.8 Å². The van der Waals surface area contributed by atoms with E-state index in [0.717, 1.165) is 26.6 Å². The fraction of sp³-hybridized carbons (Fsp3) is 0.217. The Morgan fingerprint density at radius 2 is 1.81 bits per heavy atom. The molecule has 188 valence electrons. The Bertz CT molecular complexity index is 1550. The maximum atomic E-state index is 13.4. The van der Waals surface area contributed by atoms with Gasteiger partial charge in [0, 0.05) is 25.7 Å². The van der Waals surface area contributed by atoms with Crippen molar-refractivity contribution in [3.8, 4) is 6.07 Å². The van der Waals surface area contributed by atoms with Crippen molar-refractivity contribution in [1.82, 2.24) is 4.31 Å². The van der Waals surface area contributed by atoms with Crippen molar-refractivity contribution in [3.05, 3.63) is 71.4 Å². The first-order valence-electron chi connectivity index (χ1n) is 10.6. The number of carbonyl (C=O) groups excluding carboxylic acids is 1. The van der Waals surface area contributed by atoms with E-state index in [4.69, 9.17) is 10.00 Å². The van der Waals surface area contributed by atoms with E-state index in [1.807, 2.05) is 6.07 Å². The summed E-state index contributed by atoms with van der Waals surface area (Å²) in [5.74, 6) is -0.470. The lowest BCUT2D eigenvalue weighted by atomic mass is 10.3. The Kier molecular flexibility index (Phi) is 7.14. The lowest BCUT2D eigenvalue weighted by molar-refractivity contribution is 0.0579. The fourth-order valence-electron chi connectivity index (χ4n) is 3.65. The zero-order chi connectivity index (χ0) is 26.1. The highest BCUT2D eigenvalue weighted by molar-refractivity contribution is 7.93. The standard InChI is InChI=1S/C23H20FN3O6S3/c1-26(17-9-7-16(24)8-10-17)23(28)33-21-6-3-13-27(21)36(31,32)20-5-2-4-19(14-20)35(29,30)22-12-11-18(15-25)34-22/h2,4-5,7-12,14,21H,3,6,13H2,1H3/t21-/m0/s1. The van der Waals surface area contributed by atoms with E-state index >= 15 is 0 Å². The van der Waals surface area contributed by atoms with Gasteiger partial charge in [-0.15, -0.1) is 11.3 Å². The van der Waals surface area contributed by atoms with E-state index in [9.17, 15) is 26.0 Å². The normalized spacial score (nSPS) is 16.4. The molecule has 0 radical (unpaired) electrons. The summed E-state index contributed by atoms with van der Waals surface area (Å²) in [6.45, 7) is 0.0774. The van der Waals surface area contributed by atoms with Gasteiger partial charge in [-0.05, 0) is 61.0 Å². The van der Waals surface area contributed by atoms with Crippen LogP contribution in [0.25, 0.3) is 0 Å². The van der Waals surface area contributed by atoms with Gasteiger partial charge < -0.3 is 4.74 Å². The number of carbonyl (C=O) groups is 1. The predicted octanol–water partition coefficient (Wildman–Crippen LogP) is 3.98. The third kappa shape index (κ3) is 4.98. The molecule has 2 heterocycles. The summed E-state index contributed by atoms with van der Waals surface area (Å²) in [5.41, 5.74) is 0.361. The molecule has 1 aliphatic rings. The summed E-state index contributed by atoms with van der Waals surface area (Å²) < 4.78 is 72.4. The molecule has 0 saturated carbocycles. The van der Waals surface area contributed by atoms with E-state index in [0.29, 0.717) is 12.1 Å². The summed E-state index contributed by atoms with van der Waals surface area (Å²) in [6.07, 6.45) is -1.23. The van der Waals surface area contributed by atoms with Crippen molar-refractivity contribution >= 4 is 43.0 Å². The number of sulfone groups is 1. The number of nitriles is 1. The van der Waals surface area contributed by atoms with Crippen LogP contribution < -0.4 is 4.90 Å². The van der Waals surface area contributed by atoms with Crippen LogP contribution in [0.1, 0.15) is 17.7 Å². The number of hydrogen-bond acceptors (Lipinski definition) is 8. The van der Waals surface area contributed by atoms with Crippen molar-refractivity contribution in [2.24, 2.45) is 0 Å². The minimum absolute atomic E-state index is 0.0774. The van der Waals surface area contributed by atoms with Gasteiger partial charge in [0.05, 0.1) is 9.79 Å². The summed E-state index contributed by atoms with van der Waals surface area (Å²) in [4.78, 5) is 13.5. The molecular weight excluding hydrogens is 529 g/mol. The van der Waals surface area contributed by atoms with Crippen molar-refractivity contribution in [2.45, 2.75) is 33.1 Å². The molecule has 1 saturated heterocycles. The molecule has 0 N–H and O–H groups in total. The van der Waals surface area contributed by atoms with Gasteiger partial charge in [-0.25, -0.2) is 26.0 Å². The number of nitrogens with zero attached hydrogens (tertiary/aromatic N) is 3. The molecule has 2 aromatic carbocycles. The molecule has 1 aliphatic heterocycles. The summed E-state index contributed by atoms with van der Waals surface area (Å²) >= 11 is 0.790. The molecule has 1 fully saturated rings. The second kappa shape index (κ2) is 9.98. The maximum Gasteiger partial charge on any atom is 0.415 e. The zero-order valence-electron chi connectivity index (χ0n) is 18.9. The van der Waals surface area contributed by atoms with Crippen LogP contribution in [0.4, 0.5) is 14.9 Å². The van der Waals surface area contributed by atoms with Gasteiger partial charge in [-0.1, -0.05) is 6.07 Å². The lowest BCUT2D eigenvalue weighted by Crippen LogP contribution is -2.41. The molecular formula is C23H20FN3O6S3. The highest BCUT2D eigenvalue weighted by Gasteiger charge is 2.39. The molecule has 3 aromatic rings. The Hall–Kier alpha value is -3.31. The first kappa shape index (κ1) is 25.8. The van der Waals surface area contributed by atoms with Gasteiger partial charge in [-0.2, -0.15) is 9.57 Å². The average Bonchev–Trinajstić information content (AvgIpc) is 3.54. The second-order valence-corrected chi connectivity index (χ2v) is 13.0. The number of thiophene rings is 1. The molecule has 0 bridgehead atoms. The molecule has 9 nitrogen and oxygen atoms in total. The van der Waals surface area contributed by atoms with Gasteiger partial charge in [0.1, 0.15) is 21.0 Å². The first-order chi connectivity index (χ1) is 17.0. The van der Waals surface area contributed by atoms with E-state index < -0.39 is 38.0 Å². The molecule has 36 heavy (non-hydrogen) atoms. The quantitative estimate of drug-likeness (QED) is 0.455. The number of benzene rings is 2. The van der Waals surface area contributed by atoms with Crippen LogP contribution in [0.5, 0.6) is 0 Å². The van der Waals surface area contributed by atoms with Crippen LogP contribution in [0.3, 0.4) is 0 Å². The smallest absolute Gasteiger partial charge is 0.415 e. The Balaban J connectivity index is 1.57. The average molecular weight is 550 g/mol. The Morgan fingerprint density at radius 1 is 1.11 bits per heavy atom. The fourth-order valence-corrected chi connectivity index (χ4v) is 7.90. The molecule has 0 aliphatic carbocycles. The molecule has 0 unspecified atom stereocenters. The van der Waals surface area contributed by atoms with E-state index in [1.165, 1.54) is 61.6 Å². The van der Waals surface area contributed by atoms with E-state index in [2.05, 4.69) is 0 Å². The van der Waals surface area contributed by atoms with Gasteiger partial charge in [0.2, 0.25) is 19.9 Å². The van der Waals surface area contributed by atoms with Crippen LogP contribution >= 0.6 is 11.3 Å². The minimum Gasteiger partial charge on any atom is -0.429 e. The van der Waals surface area contributed by atoms with Crippen LogP contribution in [-0.4, -0.2) is 47.1 Å². The number of sulfonamides is 1. The SMILES string of the molecule is CN(C(=O)O[C@H]1CCCN1S(=O)(=O)c1cccc(S(=O)(=O)c2ccc(C#N)s2)c1)c1ccc(F)cc1.